The Morgan fingerprint density at radius 3 is 2.33 bits per heavy atom. The van der Waals surface area contributed by atoms with Crippen molar-refractivity contribution in [1.82, 2.24) is 0 Å². The Morgan fingerprint density at radius 2 is 1.69 bits per heavy atom. The van der Waals surface area contributed by atoms with E-state index < -0.39 is 33.8 Å². The van der Waals surface area contributed by atoms with E-state index in [4.69, 9.17) is 63.3 Å². The lowest BCUT2D eigenvalue weighted by molar-refractivity contribution is -0.117. The summed E-state index contributed by atoms with van der Waals surface area (Å²) >= 11 is 31.1. The SMILES string of the molecule is CN(C(=O)c1cc(NC(=O)[C@H]2[C@H](c3ccc(Cl)c(Cl)c3)C2(Cl)Cl)ccc1Cl)c1ccc(C#N)cc1F. The molecule has 36 heavy (non-hydrogen) atoms. The van der Waals surface area contributed by atoms with E-state index in [1.807, 2.05) is 6.07 Å². The first-order valence-corrected chi connectivity index (χ1v) is 12.3. The molecule has 1 aliphatic carbocycles. The molecule has 1 fully saturated rings. The lowest BCUT2D eigenvalue weighted by Gasteiger charge is -2.19. The number of amides is 2. The summed E-state index contributed by atoms with van der Waals surface area (Å²) in [5.74, 6) is -3.14. The number of hydrogen-bond donors (Lipinski definition) is 1. The number of alkyl halides is 2. The molecule has 4 rings (SSSR count). The maximum Gasteiger partial charge on any atom is 0.259 e. The molecule has 0 heterocycles. The summed E-state index contributed by atoms with van der Waals surface area (Å²) in [6.45, 7) is 0. The Morgan fingerprint density at radius 1 is 1.00 bits per heavy atom. The van der Waals surface area contributed by atoms with Gasteiger partial charge in [-0.25, -0.2) is 4.39 Å². The average Bonchev–Trinajstić information content (AvgIpc) is 3.42. The molecule has 0 unspecified atom stereocenters. The Labute approximate surface area is 231 Å². The summed E-state index contributed by atoms with van der Waals surface area (Å²) in [7, 11) is 1.37. The van der Waals surface area contributed by atoms with E-state index >= 15 is 0 Å². The zero-order chi connectivity index (χ0) is 26.4. The van der Waals surface area contributed by atoms with Gasteiger partial charge in [-0.2, -0.15) is 5.26 Å². The van der Waals surface area contributed by atoms with Crippen molar-refractivity contribution >= 4 is 81.2 Å². The van der Waals surface area contributed by atoms with Gasteiger partial charge in [0.1, 0.15) is 10.2 Å². The van der Waals surface area contributed by atoms with Crippen LogP contribution >= 0.6 is 58.0 Å². The van der Waals surface area contributed by atoms with E-state index in [1.165, 1.54) is 37.4 Å². The highest BCUT2D eigenvalue weighted by atomic mass is 35.5. The van der Waals surface area contributed by atoms with E-state index in [0.29, 0.717) is 15.6 Å². The van der Waals surface area contributed by atoms with Gasteiger partial charge in [-0.05, 0) is 54.1 Å². The van der Waals surface area contributed by atoms with Crippen molar-refractivity contribution in [1.29, 1.82) is 5.26 Å². The molecule has 2 atom stereocenters. The fraction of sp³-hybridized carbons (Fsp3) is 0.160. The van der Waals surface area contributed by atoms with Gasteiger partial charge in [0, 0.05) is 18.7 Å². The maximum absolute atomic E-state index is 14.4. The van der Waals surface area contributed by atoms with E-state index in [2.05, 4.69) is 5.32 Å². The zero-order valence-corrected chi connectivity index (χ0v) is 22.1. The van der Waals surface area contributed by atoms with Crippen LogP contribution in [0.15, 0.2) is 54.6 Å². The zero-order valence-electron chi connectivity index (χ0n) is 18.3. The van der Waals surface area contributed by atoms with Crippen molar-refractivity contribution in [3.8, 4) is 6.07 Å². The summed E-state index contributed by atoms with van der Waals surface area (Å²) in [6.07, 6.45) is 0. The van der Waals surface area contributed by atoms with Gasteiger partial charge in [-0.1, -0.05) is 40.9 Å². The van der Waals surface area contributed by atoms with E-state index in [9.17, 15) is 14.0 Å². The second-order valence-electron chi connectivity index (χ2n) is 8.13. The Balaban J connectivity index is 1.54. The molecule has 0 aromatic heterocycles. The first-order valence-electron chi connectivity index (χ1n) is 10.4. The van der Waals surface area contributed by atoms with Crippen molar-refractivity contribution in [2.45, 2.75) is 10.3 Å². The van der Waals surface area contributed by atoms with Crippen LogP contribution < -0.4 is 10.2 Å². The molecule has 3 aromatic carbocycles. The average molecular weight is 586 g/mol. The minimum Gasteiger partial charge on any atom is -0.326 e. The number of hydrogen-bond acceptors (Lipinski definition) is 3. The molecule has 0 aliphatic heterocycles. The monoisotopic (exact) mass is 583 g/mol. The normalized spacial score (nSPS) is 17.7. The minimum absolute atomic E-state index is 0.0283. The lowest BCUT2D eigenvalue weighted by atomic mass is 10.1. The quantitative estimate of drug-likeness (QED) is 0.316. The van der Waals surface area contributed by atoms with Gasteiger partial charge in [0.15, 0.2) is 0 Å². The van der Waals surface area contributed by atoms with Crippen LogP contribution in [0.25, 0.3) is 0 Å². The van der Waals surface area contributed by atoms with Gasteiger partial charge in [0.05, 0.1) is 43.9 Å². The standard InChI is InChI=1S/C25H15Cl5FN3O2/c1-34(20-7-2-12(11-32)8-19(20)31)24(36)15-10-14(4-6-16(15)26)33-23(35)22-21(25(22,29)30)13-3-5-17(27)18(28)9-13/h2-10,21-22H,1H3,(H,33,35)/t21-,22+/m0/s1. The number of carbonyl (C=O) groups is 2. The van der Waals surface area contributed by atoms with Crippen LogP contribution in [-0.4, -0.2) is 23.2 Å². The van der Waals surface area contributed by atoms with Crippen LogP contribution in [0.3, 0.4) is 0 Å². The molecule has 0 bridgehead atoms. The van der Waals surface area contributed by atoms with Crippen molar-refractivity contribution in [3.63, 3.8) is 0 Å². The van der Waals surface area contributed by atoms with Gasteiger partial charge in [-0.3, -0.25) is 9.59 Å². The molecule has 1 aliphatic rings. The number of carbonyl (C=O) groups excluding carboxylic acids is 2. The third kappa shape index (κ3) is 5.00. The van der Waals surface area contributed by atoms with Crippen LogP contribution in [0.2, 0.25) is 15.1 Å². The molecular formula is C25H15Cl5FN3O2. The number of rotatable bonds is 5. The number of nitrogens with zero attached hydrogens (tertiary/aromatic N) is 2. The third-order valence-electron chi connectivity index (χ3n) is 5.85. The summed E-state index contributed by atoms with van der Waals surface area (Å²) in [5, 5.41) is 12.4. The highest BCUT2D eigenvalue weighted by Crippen LogP contribution is 2.65. The minimum atomic E-state index is -1.36. The van der Waals surface area contributed by atoms with Crippen molar-refractivity contribution in [2.24, 2.45) is 5.92 Å². The fourth-order valence-electron chi connectivity index (χ4n) is 3.90. The van der Waals surface area contributed by atoms with Crippen molar-refractivity contribution in [2.75, 3.05) is 17.3 Å². The Bertz CT molecular complexity index is 1440. The molecule has 3 aromatic rings. The number of anilines is 2. The largest absolute Gasteiger partial charge is 0.326 e. The second kappa shape index (κ2) is 10.1. The molecule has 11 heteroatoms. The van der Waals surface area contributed by atoms with E-state index in [1.54, 1.807) is 18.2 Å². The summed E-state index contributed by atoms with van der Waals surface area (Å²) < 4.78 is 13.1. The maximum atomic E-state index is 14.4. The molecule has 2 amide bonds. The van der Waals surface area contributed by atoms with Crippen LogP contribution in [0, 0.1) is 23.1 Å². The van der Waals surface area contributed by atoms with Crippen molar-refractivity contribution < 1.29 is 14.0 Å². The molecular weight excluding hydrogens is 571 g/mol. The smallest absolute Gasteiger partial charge is 0.259 e. The summed E-state index contributed by atoms with van der Waals surface area (Å²) in [4.78, 5) is 27.2. The predicted octanol–water partition coefficient (Wildman–Crippen LogP) is 7.46. The topological polar surface area (TPSA) is 73.2 Å². The lowest BCUT2D eigenvalue weighted by Crippen LogP contribution is -2.27. The third-order valence-corrected chi connectivity index (χ3v) is 7.85. The van der Waals surface area contributed by atoms with Crippen LogP contribution in [0.5, 0.6) is 0 Å². The van der Waals surface area contributed by atoms with E-state index in [-0.39, 0.29) is 27.5 Å². The van der Waals surface area contributed by atoms with Gasteiger partial charge in [0.2, 0.25) is 5.91 Å². The predicted molar refractivity (Wildman–Crippen MR) is 141 cm³/mol. The highest BCUT2D eigenvalue weighted by Gasteiger charge is 2.67. The van der Waals surface area contributed by atoms with Gasteiger partial charge in [-0.15, -0.1) is 23.2 Å². The van der Waals surface area contributed by atoms with Gasteiger partial charge < -0.3 is 10.2 Å². The molecule has 184 valence electrons. The fourth-order valence-corrected chi connectivity index (χ4v) is 5.23. The summed E-state index contributed by atoms with van der Waals surface area (Å²) in [5.41, 5.74) is 1.04. The first kappa shape index (κ1) is 26.5. The van der Waals surface area contributed by atoms with Crippen molar-refractivity contribution in [3.05, 3.63) is 92.2 Å². The van der Waals surface area contributed by atoms with Crippen LogP contribution in [0.4, 0.5) is 15.8 Å². The number of nitrogens with one attached hydrogen (secondary N) is 1. The number of benzene rings is 3. The summed E-state index contributed by atoms with van der Waals surface area (Å²) in [6, 6.07) is 14.8. The van der Waals surface area contributed by atoms with E-state index in [0.717, 1.165) is 11.0 Å². The first-order chi connectivity index (χ1) is 16.9. The second-order valence-corrected chi connectivity index (χ2v) is 10.8. The molecule has 0 saturated heterocycles. The number of halogens is 6. The Hall–Kier alpha value is -2.53. The van der Waals surface area contributed by atoms with Gasteiger partial charge >= 0.3 is 0 Å². The molecule has 0 radical (unpaired) electrons. The Kier molecular flexibility index (Phi) is 7.43. The van der Waals surface area contributed by atoms with Gasteiger partial charge in [0.25, 0.3) is 5.91 Å². The molecule has 1 saturated carbocycles. The van der Waals surface area contributed by atoms with Crippen LogP contribution in [-0.2, 0) is 4.79 Å². The molecule has 5 nitrogen and oxygen atoms in total. The van der Waals surface area contributed by atoms with Crippen LogP contribution in [0.1, 0.15) is 27.4 Å². The number of nitriles is 1. The molecule has 1 N–H and O–H groups in total. The highest BCUT2D eigenvalue weighted by molar-refractivity contribution is 6.53. The molecule has 0 spiro atoms.